The normalized spacial score (nSPS) is 11.7. The van der Waals surface area contributed by atoms with Crippen molar-refractivity contribution in [2.24, 2.45) is 0 Å². The molecule has 1 N–H and O–H groups in total. The van der Waals surface area contributed by atoms with Gasteiger partial charge >= 0.3 is 0 Å². The number of aromatic nitrogens is 2. The second kappa shape index (κ2) is 7.74. The maximum Gasteiger partial charge on any atom is 0.255 e. The fourth-order valence-corrected chi connectivity index (χ4v) is 3.90. The molecule has 2 aromatic heterocycles. The first-order valence-electron chi connectivity index (χ1n) is 9.23. The molecule has 2 heterocycles. The highest BCUT2D eigenvalue weighted by Gasteiger charge is 2.17. The van der Waals surface area contributed by atoms with E-state index in [1.807, 2.05) is 40.9 Å². The summed E-state index contributed by atoms with van der Waals surface area (Å²) >= 11 is 0. The smallest absolute Gasteiger partial charge is 0.255 e. The van der Waals surface area contributed by atoms with Gasteiger partial charge in [-0.2, -0.15) is 0 Å². The number of anilines is 1. The van der Waals surface area contributed by atoms with Crippen LogP contribution in [-0.2, 0) is 10.0 Å². The van der Waals surface area contributed by atoms with E-state index in [2.05, 4.69) is 10.3 Å². The number of hydrogen-bond acceptors (Lipinski definition) is 4. The van der Waals surface area contributed by atoms with Gasteiger partial charge in [-0.3, -0.25) is 4.79 Å². The summed E-state index contributed by atoms with van der Waals surface area (Å²) in [5.74, 6) is -0.301. The molecule has 0 aliphatic heterocycles. The van der Waals surface area contributed by atoms with E-state index in [1.165, 1.54) is 26.2 Å². The van der Waals surface area contributed by atoms with Gasteiger partial charge in [-0.05, 0) is 36.4 Å². The minimum Gasteiger partial charge on any atom is -0.322 e. The molecule has 1 amide bonds. The number of pyridine rings is 1. The fourth-order valence-electron chi connectivity index (χ4n) is 3.00. The van der Waals surface area contributed by atoms with Crippen molar-refractivity contribution in [3.8, 4) is 11.3 Å². The van der Waals surface area contributed by atoms with E-state index in [1.54, 1.807) is 30.5 Å². The van der Waals surface area contributed by atoms with E-state index in [-0.39, 0.29) is 10.8 Å². The predicted molar refractivity (Wildman–Crippen MR) is 116 cm³/mol. The molecule has 0 spiro atoms. The van der Waals surface area contributed by atoms with Crippen molar-refractivity contribution in [1.82, 2.24) is 13.7 Å². The van der Waals surface area contributed by atoms with Gasteiger partial charge in [-0.15, -0.1) is 0 Å². The Hall–Kier alpha value is -3.49. The number of nitrogens with zero attached hydrogens (tertiary/aromatic N) is 3. The molecule has 0 saturated heterocycles. The lowest BCUT2D eigenvalue weighted by Crippen LogP contribution is -2.22. The summed E-state index contributed by atoms with van der Waals surface area (Å²) in [5, 5.41) is 2.78. The second-order valence-corrected chi connectivity index (χ2v) is 9.09. The maximum atomic E-state index is 12.6. The van der Waals surface area contributed by atoms with Gasteiger partial charge in [0.25, 0.3) is 5.91 Å². The first kappa shape index (κ1) is 19.8. The molecule has 4 aromatic rings. The molecule has 2 aromatic carbocycles. The molecule has 0 saturated carbocycles. The van der Waals surface area contributed by atoms with Crippen LogP contribution in [0, 0.1) is 0 Å². The van der Waals surface area contributed by atoms with E-state index in [0.29, 0.717) is 16.9 Å². The summed E-state index contributed by atoms with van der Waals surface area (Å²) in [4.78, 5) is 17.4. The van der Waals surface area contributed by atoms with Gasteiger partial charge in [0.1, 0.15) is 5.65 Å². The van der Waals surface area contributed by atoms with Crippen LogP contribution >= 0.6 is 0 Å². The van der Waals surface area contributed by atoms with Gasteiger partial charge in [0.2, 0.25) is 10.0 Å². The molecule has 7 nitrogen and oxygen atoms in total. The Morgan fingerprint density at radius 2 is 1.70 bits per heavy atom. The number of hydrogen-bond donors (Lipinski definition) is 1. The molecule has 0 radical (unpaired) electrons. The maximum absolute atomic E-state index is 12.6. The molecule has 0 bridgehead atoms. The number of carbonyl (C=O) groups excluding carboxylic acids is 1. The number of carbonyl (C=O) groups is 1. The molecule has 152 valence electrons. The number of imidazole rings is 1. The Morgan fingerprint density at radius 3 is 2.37 bits per heavy atom. The Kier molecular flexibility index (Phi) is 5.11. The molecule has 4 rings (SSSR count). The van der Waals surface area contributed by atoms with Gasteiger partial charge in [0, 0.05) is 43.3 Å². The lowest BCUT2D eigenvalue weighted by molar-refractivity contribution is 0.102. The van der Waals surface area contributed by atoms with Crippen LogP contribution in [0.2, 0.25) is 0 Å². The first-order chi connectivity index (χ1) is 14.3. The third-order valence-corrected chi connectivity index (χ3v) is 6.51. The topological polar surface area (TPSA) is 83.8 Å². The summed E-state index contributed by atoms with van der Waals surface area (Å²) in [6, 6.07) is 19.3. The van der Waals surface area contributed by atoms with Gasteiger partial charge in [0.05, 0.1) is 10.6 Å². The zero-order valence-corrected chi connectivity index (χ0v) is 17.3. The van der Waals surface area contributed by atoms with E-state index in [9.17, 15) is 13.2 Å². The van der Waals surface area contributed by atoms with Gasteiger partial charge < -0.3 is 9.72 Å². The second-order valence-electron chi connectivity index (χ2n) is 6.94. The van der Waals surface area contributed by atoms with Crippen LogP contribution in [0.25, 0.3) is 16.9 Å². The number of nitrogens with one attached hydrogen (secondary N) is 1. The van der Waals surface area contributed by atoms with Crippen LogP contribution in [0.4, 0.5) is 5.69 Å². The number of fused-ring (bicyclic) bond motifs is 1. The minimum absolute atomic E-state index is 0.165. The molecule has 0 unspecified atom stereocenters. The fraction of sp³-hybridized carbons (Fsp3) is 0.0909. The van der Waals surface area contributed by atoms with Crippen molar-refractivity contribution in [2.45, 2.75) is 4.90 Å². The molecule has 8 heteroatoms. The van der Waals surface area contributed by atoms with Crippen LogP contribution < -0.4 is 5.32 Å². The number of amides is 1. The Morgan fingerprint density at radius 1 is 1.00 bits per heavy atom. The standard InChI is InChI=1S/C22H20N4O3S/c1-25(2)30(28,29)19-10-8-18(9-11-19)23-22(27)17-12-13-26-15-20(24-21(26)14-17)16-6-4-3-5-7-16/h3-15H,1-2H3,(H,23,27). The molecule has 0 aliphatic rings. The van der Waals surface area contributed by atoms with Crippen molar-refractivity contribution in [2.75, 3.05) is 19.4 Å². The monoisotopic (exact) mass is 420 g/mol. The van der Waals surface area contributed by atoms with Crippen LogP contribution in [0.5, 0.6) is 0 Å². The average molecular weight is 420 g/mol. The zero-order chi connectivity index (χ0) is 21.3. The lowest BCUT2D eigenvalue weighted by atomic mass is 10.2. The van der Waals surface area contributed by atoms with E-state index in [4.69, 9.17) is 0 Å². The summed E-state index contributed by atoms with van der Waals surface area (Å²) < 4.78 is 27.3. The molecule has 30 heavy (non-hydrogen) atoms. The van der Waals surface area contributed by atoms with E-state index >= 15 is 0 Å². The molecular weight excluding hydrogens is 400 g/mol. The minimum atomic E-state index is -3.51. The third-order valence-electron chi connectivity index (χ3n) is 4.68. The largest absolute Gasteiger partial charge is 0.322 e. The van der Waals surface area contributed by atoms with Crippen LogP contribution in [0.15, 0.2) is 84.0 Å². The van der Waals surface area contributed by atoms with Gasteiger partial charge in [-0.25, -0.2) is 17.7 Å². The summed E-state index contributed by atoms with van der Waals surface area (Å²) in [5.41, 5.74) is 3.45. The number of rotatable bonds is 5. The quantitative estimate of drug-likeness (QED) is 0.536. The third kappa shape index (κ3) is 3.83. The van der Waals surface area contributed by atoms with Gasteiger partial charge in [0.15, 0.2) is 0 Å². The highest BCUT2D eigenvalue weighted by molar-refractivity contribution is 7.89. The van der Waals surface area contributed by atoms with Crippen molar-refractivity contribution in [3.05, 3.63) is 84.7 Å². The highest BCUT2D eigenvalue weighted by atomic mass is 32.2. The van der Waals surface area contributed by atoms with Crippen molar-refractivity contribution < 1.29 is 13.2 Å². The molecule has 0 atom stereocenters. The summed E-state index contributed by atoms with van der Waals surface area (Å²) in [6.07, 6.45) is 3.70. The first-order valence-corrected chi connectivity index (χ1v) is 10.7. The Balaban J connectivity index is 1.55. The van der Waals surface area contributed by atoms with E-state index < -0.39 is 10.0 Å². The molecule has 0 fully saturated rings. The van der Waals surface area contributed by atoms with Crippen LogP contribution in [0.3, 0.4) is 0 Å². The van der Waals surface area contributed by atoms with Crippen molar-refractivity contribution in [3.63, 3.8) is 0 Å². The van der Waals surface area contributed by atoms with Crippen LogP contribution in [0.1, 0.15) is 10.4 Å². The van der Waals surface area contributed by atoms with E-state index in [0.717, 1.165) is 15.6 Å². The predicted octanol–water partition coefficient (Wildman–Crippen LogP) is 3.50. The van der Waals surface area contributed by atoms with Gasteiger partial charge in [-0.1, -0.05) is 30.3 Å². The highest BCUT2D eigenvalue weighted by Crippen LogP contribution is 2.20. The van der Waals surface area contributed by atoms with Crippen molar-refractivity contribution in [1.29, 1.82) is 0 Å². The Bertz CT molecular complexity index is 1310. The Labute approximate surface area is 174 Å². The SMILES string of the molecule is CN(C)S(=O)(=O)c1ccc(NC(=O)c2ccn3cc(-c4ccccc4)nc3c2)cc1. The average Bonchev–Trinajstić information content (AvgIpc) is 3.18. The zero-order valence-electron chi connectivity index (χ0n) is 16.5. The molecule has 0 aliphatic carbocycles. The number of sulfonamides is 1. The lowest BCUT2D eigenvalue weighted by Gasteiger charge is -2.12. The van der Waals surface area contributed by atoms with Crippen molar-refractivity contribution >= 4 is 27.3 Å². The summed E-state index contributed by atoms with van der Waals surface area (Å²) in [6.45, 7) is 0. The number of benzene rings is 2. The summed E-state index contributed by atoms with van der Waals surface area (Å²) in [7, 11) is -0.565. The van der Waals surface area contributed by atoms with Crippen LogP contribution in [-0.4, -0.2) is 42.1 Å². The molecular formula is C22H20N4O3S.